The highest BCUT2D eigenvalue weighted by molar-refractivity contribution is 5.68. The molecule has 1 aromatic carbocycles. The minimum Gasteiger partial charge on any atom is -0.504 e. The monoisotopic (exact) mass is 350 g/mol. The second-order valence-corrected chi connectivity index (χ2v) is 7.63. The van der Waals surface area contributed by atoms with Crippen molar-refractivity contribution >= 4 is 6.09 Å². The second-order valence-electron chi connectivity index (χ2n) is 7.63. The number of methoxy groups -OCH3 is 1. The van der Waals surface area contributed by atoms with Gasteiger partial charge in [-0.2, -0.15) is 0 Å². The molecule has 1 heterocycles. The lowest BCUT2D eigenvalue weighted by Crippen LogP contribution is -2.50. The van der Waals surface area contributed by atoms with Crippen LogP contribution in [0.5, 0.6) is 11.5 Å². The fraction of sp³-hybridized carbons (Fsp3) is 0.632. The number of amides is 1. The highest BCUT2D eigenvalue weighted by Gasteiger charge is 2.31. The molecule has 0 spiro atoms. The van der Waals surface area contributed by atoms with E-state index in [1.54, 1.807) is 12.1 Å². The molecule has 1 fully saturated rings. The van der Waals surface area contributed by atoms with Crippen LogP contribution >= 0.6 is 0 Å². The van der Waals surface area contributed by atoms with Crippen LogP contribution in [-0.2, 0) is 11.3 Å². The summed E-state index contributed by atoms with van der Waals surface area (Å²) in [5, 5.41) is 13.4. The Bertz CT molecular complexity index is 598. The standard InChI is InChI=1S/C19H30N2O4/c1-13-10-15(8-9-21(13)18(23)25-19(2,3)4)20-12-14-6-7-17(24-5)16(22)11-14/h6-7,11,13,15,20,22H,8-10,12H2,1-5H3. The lowest BCUT2D eigenvalue weighted by atomic mass is 9.98. The molecule has 1 aliphatic heterocycles. The van der Waals surface area contributed by atoms with Crippen molar-refractivity contribution in [2.45, 2.75) is 64.8 Å². The van der Waals surface area contributed by atoms with Gasteiger partial charge in [0.25, 0.3) is 0 Å². The highest BCUT2D eigenvalue weighted by atomic mass is 16.6. The number of nitrogens with one attached hydrogen (secondary N) is 1. The number of carbonyl (C=O) groups is 1. The zero-order valence-corrected chi connectivity index (χ0v) is 15.8. The third-order valence-electron chi connectivity index (χ3n) is 4.34. The van der Waals surface area contributed by atoms with Gasteiger partial charge in [0.05, 0.1) is 7.11 Å². The minimum absolute atomic E-state index is 0.130. The van der Waals surface area contributed by atoms with Crippen LogP contribution in [0.4, 0.5) is 4.79 Å². The number of phenols is 1. The molecule has 1 saturated heterocycles. The molecule has 1 aliphatic rings. The molecule has 2 rings (SSSR count). The van der Waals surface area contributed by atoms with Crippen molar-refractivity contribution in [1.29, 1.82) is 0 Å². The van der Waals surface area contributed by atoms with Gasteiger partial charge in [0.15, 0.2) is 11.5 Å². The zero-order chi connectivity index (χ0) is 18.6. The van der Waals surface area contributed by atoms with Crippen molar-refractivity contribution in [2.75, 3.05) is 13.7 Å². The van der Waals surface area contributed by atoms with E-state index in [0.717, 1.165) is 18.4 Å². The maximum atomic E-state index is 12.3. The van der Waals surface area contributed by atoms with Gasteiger partial charge in [0.1, 0.15) is 5.60 Å². The van der Waals surface area contributed by atoms with Crippen LogP contribution in [0.1, 0.15) is 46.1 Å². The first-order valence-corrected chi connectivity index (χ1v) is 8.78. The summed E-state index contributed by atoms with van der Waals surface area (Å²) in [4.78, 5) is 14.1. The molecule has 2 unspecified atom stereocenters. The summed E-state index contributed by atoms with van der Waals surface area (Å²) in [6.07, 6.45) is 1.52. The molecule has 0 radical (unpaired) electrons. The van der Waals surface area contributed by atoms with Gasteiger partial charge in [-0.3, -0.25) is 0 Å². The van der Waals surface area contributed by atoms with Gasteiger partial charge in [0, 0.05) is 25.2 Å². The number of ether oxygens (including phenoxy) is 2. The second kappa shape index (κ2) is 7.95. The van der Waals surface area contributed by atoms with Crippen molar-refractivity contribution < 1.29 is 19.4 Å². The van der Waals surface area contributed by atoms with Crippen LogP contribution in [0, 0.1) is 0 Å². The largest absolute Gasteiger partial charge is 0.504 e. The van der Waals surface area contributed by atoms with Crippen molar-refractivity contribution in [2.24, 2.45) is 0 Å². The number of nitrogens with zero attached hydrogens (tertiary/aromatic N) is 1. The average molecular weight is 350 g/mol. The normalized spacial score (nSPS) is 21.1. The Kier molecular flexibility index (Phi) is 6.16. The Morgan fingerprint density at radius 3 is 2.68 bits per heavy atom. The van der Waals surface area contributed by atoms with Crippen LogP contribution in [0.2, 0.25) is 0 Å². The SMILES string of the molecule is COc1ccc(CNC2CCN(C(=O)OC(C)(C)C)C(C)C2)cc1O. The van der Waals surface area contributed by atoms with Gasteiger partial charge < -0.3 is 24.8 Å². The first-order valence-electron chi connectivity index (χ1n) is 8.78. The Labute approximate surface area is 150 Å². The molecule has 0 aliphatic carbocycles. The molecule has 0 saturated carbocycles. The summed E-state index contributed by atoms with van der Waals surface area (Å²) in [5.74, 6) is 0.623. The summed E-state index contributed by atoms with van der Waals surface area (Å²) in [7, 11) is 1.53. The van der Waals surface area contributed by atoms with Crippen molar-refractivity contribution in [3.63, 3.8) is 0 Å². The Balaban J connectivity index is 1.85. The van der Waals surface area contributed by atoms with Gasteiger partial charge in [-0.1, -0.05) is 6.07 Å². The molecule has 0 bridgehead atoms. The van der Waals surface area contributed by atoms with Crippen molar-refractivity contribution in [1.82, 2.24) is 10.2 Å². The number of phenolic OH excluding ortho intramolecular Hbond substituents is 1. The summed E-state index contributed by atoms with van der Waals surface area (Å²) in [5.41, 5.74) is 0.531. The van der Waals surface area contributed by atoms with E-state index in [9.17, 15) is 9.90 Å². The van der Waals surface area contributed by atoms with Crippen LogP contribution in [0.25, 0.3) is 0 Å². The highest BCUT2D eigenvalue weighted by Crippen LogP contribution is 2.26. The van der Waals surface area contributed by atoms with Gasteiger partial charge in [0.2, 0.25) is 0 Å². The molecular formula is C19H30N2O4. The molecule has 0 aromatic heterocycles. The zero-order valence-electron chi connectivity index (χ0n) is 15.8. The van der Waals surface area contributed by atoms with E-state index < -0.39 is 5.60 Å². The molecular weight excluding hydrogens is 320 g/mol. The lowest BCUT2D eigenvalue weighted by Gasteiger charge is -2.38. The first-order chi connectivity index (χ1) is 11.7. The molecule has 140 valence electrons. The van der Waals surface area contributed by atoms with E-state index in [4.69, 9.17) is 9.47 Å². The smallest absolute Gasteiger partial charge is 0.410 e. The number of likely N-dealkylation sites (tertiary alicyclic amines) is 1. The van der Waals surface area contributed by atoms with Gasteiger partial charge >= 0.3 is 6.09 Å². The fourth-order valence-electron chi connectivity index (χ4n) is 3.06. The number of hydrogen-bond donors (Lipinski definition) is 2. The van der Waals surface area contributed by atoms with Crippen molar-refractivity contribution in [3.8, 4) is 11.5 Å². The van der Waals surface area contributed by atoms with Crippen LogP contribution < -0.4 is 10.1 Å². The molecule has 1 amide bonds. The number of aromatic hydroxyl groups is 1. The fourth-order valence-corrected chi connectivity index (χ4v) is 3.06. The van der Waals surface area contributed by atoms with E-state index in [-0.39, 0.29) is 17.9 Å². The van der Waals surface area contributed by atoms with Crippen LogP contribution in [0.15, 0.2) is 18.2 Å². The van der Waals surface area contributed by atoms with Gasteiger partial charge in [-0.15, -0.1) is 0 Å². The molecule has 6 nitrogen and oxygen atoms in total. The quantitative estimate of drug-likeness (QED) is 0.872. The average Bonchev–Trinajstić information content (AvgIpc) is 2.51. The van der Waals surface area contributed by atoms with Gasteiger partial charge in [-0.05, 0) is 58.2 Å². The number of rotatable bonds is 4. The summed E-state index contributed by atoms with van der Waals surface area (Å²) in [6, 6.07) is 5.87. The molecule has 2 N–H and O–H groups in total. The maximum Gasteiger partial charge on any atom is 0.410 e. The third kappa shape index (κ3) is 5.53. The topological polar surface area (TPSA) is 71.0 Å². The van der Waals surface area contributed by atoms with Crippen molar-refractivity contribution in [3.05, 3.63) is 23.8 Å². The maximum absolute atomic E-state index is 12.3. The number of carbonyl (C=O) groups excluding carboxylic acids is 1. The predicted molar refractivity (Wildman–Crippen MR) is 96.9 cm³/mol. The number of piperidine rings is 1. The van der Waals surface area contributed by atoms with E-state index in [2.05, 4.69) is 12.2 Å². The summed E-state index contributed by atoms with van der Waals surface area (Å²) < 4.78 is 10.5. The van der Waals surface area contributed by atoms with E-state index in [1.165, 1.54) is 7.11 Å². The van der Waals surface area contributed by atoms with E-state index >= 15 is 0 Å². The molecule has 2 atom stereocenters. The third-order valence-corrected chi connectivity index (χ3v) is 4.34. The van der Waals surface area contributed by atoms with E-state index in [0.29, 0.717) is 24.9 Å². The summed E-state index contributed by atoms with van der Waals surface area (Å²) >= 11 is 0. The predicted octanol–water partition coefficient (Wildman–Crippen LogP) is 3.28. The van der Waals surface area contributed by atoms with Crippen LogP contribution in [0.3, 0.4) is 0 Å². The van der Waals surface area contributed by atoms with Gasteiger partial charge in [-0.25, -0.2) is 4.79 Å². The Hall–Kier alpha value is -1.95. The lowest BCUT2D eigenvalue weighted by molar-refractivity contribution is 0.00932. The first kappa shape index (κ1) is 19.4. The number of hydrogen-bond acceptors (Lipinski definition) is 5. The molecule has 6 heteroatoms. The molecule has 25 heavy (non-hydrogen) atoms. The van der Waals surface area contributed by atoms with E-state index in [1.807, 2.05) is 31.7 Å². The molecule has 1 aromatic rings. The Morgan fingerprint density at radius 2 is 2.12 bits per heavy atom. The Morgan fingerprint density at radius 1 is 1.40 bits per heavy atom. The number of benzene rings is 1. The van der Waals surface area contributed by atoms with Crippen LogP contribution in [-0.4, -0.2) is 47.4 Å². The minimum atomic E-state index is -0.470. The summed E-state index contributed by atoms with van der Waals surface area (Å²) in [6.45, 7) is 9.05.